The molecule has 1 heterocycles. The average molecular weight is 355 g/mol. The van der Waals surface area contributed by atoms with Crippen LogP contribution in [0.3, 0.4) is 0 Å². The lowest BCUT2D eigenvalue weighted by atomic mass is 10.2. The first-order valence-electron chi connectivity index (χ1n) is 6.88. The van der Waals surface area contributed by atoms with Crippen molar-refractivity contribution >= 4 is 27.3 Å². The maximum Gasteiger partial charge on any atom is 0.307 e. The van der Waals surface area contributed by atoms with Gasteiger partial charge in [-0.05, 0) is 31.0 Å². The maximum atomic E-state index is 12.1. The Morgan fingerprint density at radius 3 is 2.43 bits per heavy atom. The minimum Gasteiger partial charge on any atom is -0.294 e. The van der Waals surface area contributed by atoms with Gasteiger partial charge in [0.05, 0.1) is 4.90 Å². The number of nitrogens with zero attached hydrogens (tertiary/aromatic N) is 1. The van der Waals surface area contributed by atoms with Gasteiger partial charge in [0.2, 0.25) is 0 Å². The number of carbonyl (C=O) groups is 1. The van der Waals surface area contributed by atoms with Crippen LogP contribution in [0.15, 0.2) is 39.3 Å². The average Bonchev–Trinajstić information content (AvgIpc) is 2.85. The Morgan fingerprint density at radius 1 is 1.26 bits per heavy atom. The van der Waals surface area contributed by atoms with Crippen molar-refractivity contribution in [2.45, 2.75) is 31.7 Å². The van der Waals surface area contributed by atoms with E-state index in [4.69, 9.17) is 0 Å². The van der Waals surface area contributed by atoms with Crippen molar-refractivity contribution in [2.24, 2.45) is 0 Å². The van der Waals surface area contributed by atoms with Crippen LogP contribution in [-0.2, 0) is 27.8 Å². The molecular formula is C14H17N3O4S2. The van der Waals surface area contributed by atoms with E-state index in [1.807, 2.05) is 11.8 Å². The predicted molar refractivity (Wildman–Crippen MR) is 87.6 cm³/mol. The highest BCUT2D eigenvalue weighted by Gasteiger charge is 2.15. The summed E-state index contributed by atoms with van der Waals surface area (Å²) in [5.74, 6) is -0.623. The van der Waals surface area contributed by atoms with Gasteiger partial charge in [-0.2, -0.15) is 0 Å². The van der Waals surface area contributed by atoms with Crippen LogP contribution in [0.4, 0.5) is 0 Å². The Balaban J connectivity index is 2.01. The van der Waals surface area contributed by atoms with E-state index < -0.39 is 15.9 Å². The molecule has 0 bridgehead atoms. The number of aryl methyl sites for hydroxylation is 2. The number of thiazole rings is 1. The fourth-order valence-electron chi connectivity index (χ4n) is 1.87. The summed E-state index contributed by atoms with van der Waals surface area (Å²) in [7, 11) is -3.85. The standard InChI is InChI=1S/C14H17N3O4S2/c1-3-11-4-6-12(7-5-11)23(20,21)16-15-13(18)8-17-10(2)9-22-14(17)19/h4-7,9,16H,3,8H2,1-2H3,(H,15,18). The monoisotopic (exact) mass is 355 g/mol. The van der Waals surface area contributed by atoms with Gasteiger partial charge in [0, 0.05) is 11.1 Å². The summed E-state index contributed by atoms with van der Waals surface area (Å²) in [6, 6.07) is 6.37. The van der Waals surface area contributed by atoms with E-state index in [0.717, 1.165) is 23.3 Å². The third-order valence-electron chi connectivity index (χ3n) is 3.24. The van der Waals surface area contributed by atoms with Gasteiger partial charge >= 0.3 is 4.87 Å². The van der Waals surface area contributed by atoms with Crippen LogP contribution in [-0.4, -0.2) is 18.9 Å². The molecule has 9 heteroatoms. The molecule has 0 saturated carbocycles. The molecule has 23 heavy (non-hydrogen) atoms. The van der Waals surface area contributed by atoms with Crippen LogP contribution in [0, 0.1) is 6.92 Å². The summed E-state index contributed by atoms with van der Waals surface area (Å²) in [6.07, 6.45) is 0.805. The Bertz CT molecular complexity index is 851. The van der Waals surface area contributed by atoms with E-state index in [1.165, 1.54) is 16.7 Å². The molecule has 0 atom stereocenters. The van der Waals surface area contributed by atoms with Gasteiger partial charge in [-0.3, -0.25) is 19.6 Å². The number of benzene rings is 1. The SMILES string of the molecule is CCc1ccc(S(=O)(=O)NNC(=O)Cn2c(C)csc2=O)cc1. The van der Waals surface area contributed by atoms with Gasteiger partial charge < -0.3 is 0 Å². The highest BCUT2D eigenvalue weighted by atomic mass is 32.2. The van der Waals surface area contributed by atoms with E-state index in [2.05, 4.69) is 5.43 Å². The zero-order valence-electron chi connectivity index (χ0n) is 12.7. The van der Waals surface area contributed by atoms with E-state index in [0.29, 0.717) is 5.69 Å². The lowest BCUT2D eigenvalue weighted by Gasteiger charge is -2.09. The largest absolute Gasteiger partial charge is 0.307 e. The van der Waals surface area contributed by atoms with Gasteiger partial charge in [-0.25, -0.2) is 8.42 Å². The van der Waals surface area contributed by atoms with E-state index in [-0.39, 0.29) is 16.3 Å². The summed E-state index contributed by atoms with van der Waals surface area (Å²) in [6.45, 7) is 3.42. The fourth-order valence-corrected chi connectivity index (χ4v) is 3.46. The minimum absolute atomic E-state index is 0.0545. The van der Waals surface area contributed by atoms with Crippen LogP contribution in [0.2, 0.25) is 0 Å². The predicted octanol–water partition coefficient (Wildman–Crippen LogP) is 0.790. The van der Waals surface area contributed by atoms with Gasteiger partial charge in [0.15, 0.2) is 0 Å². The number of hydrogen-bond donors (Lipinski definition) is 2. The van der Waals surface area contributed by atoms with Gasteiger partial charge in [-0.1, -0.05) is 30.4 Å². The molecule has 0 saturated heterocycles. The minimum atomic E-state index is -3.85. The zero-order valence-corrected chi connectivity index (χ0v) is 14.3. The lowest BCUT2D eigenvalue weighted by molar-refractivity contribution is -0.122. The molecule has 124 valence electrons. The normalized spacial score (nSPS) is 11.4. The Hall–Kier alpha value is -1.97. The van der Waals surface area contributed by atoms with Crippen LogP contribution >= 0.6 is 11.3 Å². The first kappa shape index (κ1) is 17.4. The van der Waals surface area contributed by atoms with Crippen LogP contribution < -0.4 is 15.1 Å². The topological polar surface area (TPSA) is 97.3 Å². The number of hydrazine groups is 1. The molecule has 2 rings (SSSR count). The van der Waals surface area contributed by atoms with Gasteiger partial charge in [0.25, 0.3) is 15.9 Å². The number of rotatable bonds is 6. The van der Waals surface area contributed by atoms with Crippen LogP contribution in [0.25, 0.3) is 0 Å². The molecular weight excluding hydrogens is 338 g/mol. The number of aromatic nitrogens is 1. The van der Waals surface area contributed by atoms with Crippen molar-refractivity contribution in [3.05, 3.63) is 50.6 Å². The van der Waals surface area contributed by atoms with Gasteiger partial charge in [-0.15, -0.1) is 4.83 Å². The first-order chi connectivity index (χ1) is 10.8. The fraction of sp³-hybridized carbons (Fsp3) is 0.286. The number of hydrogen-bond acceptors (Lipinski definition) is 5. The molecule has 0 spiro atoms. The molecule has 0 radical (unpaired) electrons. The third-order valence-corrected chi connectivity index (χ3v) is 5.39. The molecule has 0 aliphatic carbocycles. The van der Waals surface area contributed by atoms with E-state index in [1.54, 1.807) is 24.4 Å². The first-order valence-corrected chi connectivity index (χ1v) is 9.24. The van der Waals surface area contributed by atoms with E-state index >= 15 is 0 Å². The van der Waals surface area contributed by atoms with Crippen molar-refractivity contribution in [1.82, 2.24) is 14.8 Å². The second kappa shape index (κ2) is 7.07. The number of carbonyl (C=O) groups excluding carboxylic acids is 1. The summed E-state index contributed by atoms with van der Waals surface area (Å²) in [4.78, 5) is 25.1. The zero-order chi connectivity index (χ0) is 17.0. The van der Waals surface area contributed by atoms with Crippen molar-refractivity contribution in [1.29, 1.82) is 0 Å². The summed E-state index contributed by atoms with van der Waals surface area (Å²) >= 11 is 0.986. The van der Waals surface area contributed by atoms with Crippen molar-refractivity contribution in [3.63, 3.8) is 0 Å². The molecule has 7 nitrogen and oxygen atoms in total. The molecule has 0 unspecified atom stereocenters. The van der Waals surface area contributed by atoms with Crippen molar-refractivity contribution in [2.75, 3.05) is 0 Å². The molecule has 1 aromatic heterocycles. The number of sulfonamides is 1. The molecule has 2 N–H and O–H groups in total. The molecule has 1 amide bonds. The highest BCUT2D eigenvalue weighted by Crippen LogP contribution is 2.10. The summed E-state index contributed by atoms with van der Waals surface area (Å²) in [5.41, 5.74) is 3.77. The number of nitrogens with one attached hydrogen (secondary N) is 2. The molecule has 0 aliphatic heterocycles. The third kappa shape index (κ3) is 4.27. The molecule has 1 aromatic carbocycles. The van der Waals surface area contributed by atoms with Crippen LogP contribution in [0.5, 0.6) is 0 Å². The lowest BCUT2D eigenvalue weighted by Crippen LogP contribution is -2.43. The second-order valence-electron chi connectivity index (χ2n) is 4.88. The highest BCUT2D eigenvalue weighted by molar-refractivity contribution is 7.89. The smallest absolute Gasteiger partial charge is 0.294 e. The Morgan fingerprint density at radius 2 is 1.91 bits per heavy atom. The Kier molecular flexibility index (Phi) is 5.34. The van der Waals surface area contributed by atoms with Gasteiger partial charge in [0.1, 0.15) is 6.54 Å². The Labute approximate surface area is 138 Å². The molecule has 0 fully saturated rings. The number of amides is 1. The maximum absolute atomic E-state index is 12.1. The quantitative estimate of drug-likeness (QED) is 0.749. The summed E-state index contributed by atoms with van der Waals surface area (Å²) in [5, 5.41) is 1.63. The molecule has 0 aliphatic rings. The van der Waals surface area contributed by atoms with E-state index in [9.17, 15) is 18.0 Å². The second-order valence-corrected chi connectivity index (χ2v) is 7.38. The van der Waals surface area contributed by atoms with Crippen LogP contribution in [0.1, 0.15) is 18.2 Å². The summed E-state index contributed by atoms with van der Waals surface area (Å²) < 4.78 is 25.4. The van der Waals surface area contributed by atoms with Crippen molar-refractivity contribution in [3.8, 4) is 0 Å². The van der Waals surface area contributed by atoms with Crippen molar-refractivity contribution < 1.29 is 13.2 Å². The molecule has 2 aromatic rings.